The summed E-state index contributed by atoms with van der Waals surface area (Å²) in [6.45, 7) is -4.10. The number of nitrogens with one attached hydrogen (secondary N) is 6. The minimum atomic E-state index is -2.65. The number of hydrogen-bond acceptors (Lipinski definition) is 46. The number of hydrogen-bond donors (Lipinski definition) is 29. The van der Waals surface area contributed by atoms with E-state index in [2.05, 4.69) is 31.9 Å². The van der Waals surface area contributed by atoms with Gasteiger partial charge >= 0.3 is 0 Å². The van der Waals surface area contributed by atoms with Crippen LogP contribution in [-0.4, -0.2) is 488 Å². The van der Waals surface area contributed by atoms with Crippen LogP contribution in [0.15, 0.2) is 0 Å². The second kappa shape index (κ2) is 42.7. The molecule has 0 aromatic heterocycles. The fraction of sp³-hybridized carbons (Fsp3) is 0.909. The van der Waals surface area contributed by atoms with Crippen molar-refractivity contribution in [3.63, 3.8) is 0 Å². The van der Waals surface area contributed by atoms with E-state index in [9.17, 15) is 146 Å². The third-order valence-electron chi connectivity index (χ3n) is 21.1. The summed E-state index contributed by atoms with van der Waals surface area (Å²) in [6, 6.07) is -10.8. The van der Waals surface area contributed by atoms with Crippen molar-refractivity contribution in [3.05, 3.63) is 0 Å². The Bertz CT molecular complexity index is 3230. The minimum Gasteiger partial charge on any atom is -0.394 e. The van der Waals surface area contributed by atoms with Gasteiger partial charge in [-0.3, -0.25) is 28.8 Å². The lowest BCUT2D eigenvalue weighted by molar-refractivity contribution is -0.403. The van der Waals surface area contributed by atoms with Crippen LogP contribution in [0.1, 0.15) is 41.5 Å². The van der Waals surface area contributed by atoms with Crippen molar-refractivity contribution in [2.75, 3.05) is 59.5 Å². The first-order valence-corrected chi connectivity index (χ1v) is 37.6. The first-order chi connectivity index (χ1) is 55.8. The van der Waals surface area contributed by atoms with E-state index in [1.807, 2.05) is 0 Å². The van der Waals surface area contributed by atoms with Gasteiger partial charge in [-0.25, -0.2) is 0 Å². The van der Waals surface area contributed by atoms with Crippen molar-refractivity contribution in [1.29, 1.82) is 0 Å². The number of carbonyl (C=O) groups is 6. The molecule has 0 unspecified atom stereocenters. The summed E-state index contributed by atoms with van der Waals surface area (Å²) >= 11 is 0. The molecule has 9 aliphatic heterocycles. The van der Waals surface area contributed by atoms with Crippen molar-refractivity contribution in [1.82, 2.24) is 31.9 Å². The Morgan fingerprint density at radius 3 is 0.847 bits per heavy atom. The molecule has 680 valence electrons. The van der Waals surface area contributed by atoms with Gasteiger partial charge in [-0.05, 0) is 0 Å². The van der Waals surface area contributed by atoms with Crippen LogP contribution in [0.3, 0.4) is 0 Å². The molecule has 9 heterocycles. The fourth-order valence-corrected chi connectivity index (χ4v) is 15.2. The predicted octanol–water partition coefficient (Wildman–Crippen LogP) is -19.8. The third-order valence-corrected chi connectivity index (χ3v) is 21.1. The number of rotatable bonds is 31. The molecule has 0 bridgehead atoms. The molecule has 9 fully saturated rings. The number of amides is 6. The van der Waals surface area contributed by atoms with E-state index in [4.69, 9.17) is 80.5 Å². The molecule has 52 nitrogen and oxygen atoms in total. The summed E-state index contributed by atoms with van der Waals surface area (Å²) in [6.07, 6.45) is -82.3. The molecule has 29 N–H and O–H groups in total. The molecule has 0 aliphatic carbocycles. The molecular weight excluding hydrogens is 1610 g/mol. The Morgan fingerprint density at radius 2 is 0.466 bits per heavy atom. The molecule has 9 rings (SSSR count). The average molecular weight is 1720 g/mol. The highest BCUT2D eigenvalue weighted by atomic mass is 16.8. The lowest BCUT2D eigenvalue weighted by Gasteiger charge is -2.51. The van der Waals surface area contributed by atoms with Gasteiger partial charge in [0.2, 0.25) is 35.4 Å². The van der Waals surface area contributed by atoms with Crippen LogP contribution in [0.25, 0.3) is 0 Å². The summed E-state index contributed by atoms with van der Waals surface area (Å²) in [5, 5.41) is 274. The standard InChI is InChI=1S/C66H110N6O46/c1-16(80)67-31-47(96)52(26(11-77)104-58(31)101)113-63-36(72-21(6)85)48(97)53(27(12-78)109-63)115-64-51(100)55(116-66-57(118-62-35(71-20(5)84)46(95)40(89)25(10-76)108-62)50(99)54(28(13-79)110-66)114-60-33(69-18(3)82)44(93)38(87)23(8-74)106-60)42(91)30(111-64)15-103-65-56(117-61-34(70-19(4)83)45(94)39(88)24(9-75)107-61)49(98)41(90)29(112-65)14-102-59-32(68-17(2)81)43(92)37(86)22(7-73)105-59/h22-66,73-79,86-101H,7-15H2,1-6H3,(H,67,80)(H,68,81)(H,69,82)(H,70,83)(H,71,84)(H,72,85)/t22-,23-,24-,25-,26-,27-,28-,29-,30-,31-,32-,33-,34-,35-,36-,37-,38-,39-,40-,41-,42-,43-,44-,45-,46-,47-,48-,49+,50+,51+,52-,53-,54-,55+,56+,57+,58-,59-,60+,61+,62+,63+,64+,65+,66-/m1/s1. The van der Waals surface area contributed by atoms with Crippen LogP contribution >= 0.6 is 0 Å². The van der Waals surface area contributed by atoms with Gasteiger partial charge in [0, 0.05) is 41.5 Å². The van der Waals surface area contributed by atoms with Crippen molar-refractivity contribution in [2.45, 2.75) is 318 Å². The number of ether oxygens (including phenoxy) is 17. The number of aliphatic hydroxyl groups is 23. The first kappa shape index (κ1) is 97.0. The van der Waals surface area contributed by atoms with Gasteiger partial charge in [0.15, 0.2) is 56.6 Å². The molecule has 0 radical (unpaired) electrons. The van der Waals surface area contributed by atoms with E-state index >= 15 is 0 Å². The van der Waals surface area contributed by atoms with E-state index < -0.39 is 371 Å². The minimum absolute atomic E-state index is 0.801. The lowest BCUT2D eigenvalue weighted by Crippen LogP contribution is -2.71. The molecule has 0 saturated carbocycles. The van der Waals surface area contributed by atoms with Gasteiger partial charge in [-0.2, -0.15) is 0 Å². The molecule has 9 aliphatic rings. The normalized spacial score (nSPS) is 46.9. The molecule has 0 spiro atoms. The van der Waals surface area contributed by atoms with Crippen LogP contribution in [0.5, 0.6) is 0 Å². The van der Waals surface area contributed by atoms with Gasteiger partial charge in [0.1, 0.15) is 219 Å². The number of carbonyl (C=O) groups excluding carboxylic acids is 6. The number of aliphatic hydroxyl groups excluding tert-OH is 23. The lowest BCUT2D eigenvalue weighted by atomic mass is 9.93. The van der Waals surface area contributed by atoms with Gasteiger partial charge < -0.3 is 230 Å². The van der Waals surface area contributed by atoms with E-state index in [1.54, 1.807) is 0 Å². The Morgan fingerprint density at radius 1 is 0.220 bits per heavy atom. The van der Waals surface area contributed by atoms with Gasteiger partial charge in [0.05, 0.1) is 59.5 Å². The summed E-state index contributed by atoms with van der Waals surface area (Å²) in [7, 11) is 0. The average Bonchev–Trinajstić information content (AvgIpc) is 0.760. The Hall–Kier alpha value is -4.78. The second-order valence-electron chi connectivity index (χ2n) is 29.7. The molecule has 6 amide bonds. The molecule has 52 heteroatoms. The van der Waals surface area contributed by atoms with Crippen molar-refractivity contribution >= 4 is 35.4 Å². The monoisotopic (exact) mass is 1720 g/mol. The zero-order valence-electron chi connectivity index (χ0n) is 64.0. The quantitative estimate of drug-likeness (QED) is 0.0306. The zero-order valence-corrected chi connectivity index (χ0v) is 64.0. The Kier molecular flexibility index (Phi) is 35.1. The largest absolute Gasteiger partial charge is 0.394 e. The van der Waals surface area contributed by atoms with E-state index in [0.717, 1.165) is 41.5 Å². The van der Waals surface area contributed by atoms with Gasteiger partial charge in [0.25, 0.3) is 0 Å². The van der Waals surface area contributed by atoms with Gasteiger partial charge in [-0.1, -0.05) is 0 Å². The van der Waals surface area contributed by atoms with E-state index in [-0.39, 0.29) is 0 Å². The van der Waals surface area contributed by atoms with Crippen LogP contribution in [-0.2, 0) is 109 Å². The predicted molar refractivity (Wildman–Crippen MR) is 367 cm³/mol. The topological polar surface area (TPSA) is 797 Å². The maximum absolute atomic E-state index is 13.1. The summed E-state index contributed by atoms with van der Waals surface area (Å²) in [5.41, 5.74) is 0. The molecule has 118 heavy (non-hydrogen) atoms. The molecule has 9 saturated heterocycles. The highest BCUT2D eigenvalue weighted by Crippen LogP contribution is 2.40. The first-order valence-electron chi connectivity index (χ1n) is 37.6. The summed E-state index contributed by atoms with van der Waals surface area (Å²) in [4.78, 5) is 75.9. The summed E-state index contributed by atoms with van der Waals surface area (Å²) < 4.78 is 103. The molecular formula is C66H110N6O46. The molecule has 0 aromatic carbocycles. The Labute approximate surface area is 669 Å². The highest BCUT2D eigenvalue weighted by molar-refractivity contribution is 5.75. The van der Waals surface area contributed by atoms with Crippen LogP contribution in [0, 0.1) is 0 Å². The van der Waals surface area contributed by atoms with Crippen LogP contribution < -0.4 is 31.9 Å². The van der Waals surface area contributed by atoms with E-state index in [0.29, 0.717) is 0 Å². The summed E-state index contributed by atoms with van der Waals surface area (Å²) in [5.74, 6) is -5.29. The fourth-order valence-electron chi connectivity index (χ4n) is 15.2. The smallest absolute Gasteiger partial charge is 0.217 e. The van der Waals surface area contributed by atoms with Crippen molar-refractivity contribution in [3.8, 4) is 0 Å². The SMILES string of the molecule is CC(=O)N[C@@H]1[C@@H](O)[C@H](O[C@@H]2O[C@H](CO)[C@@H](O[C@@H]3O[C@H](CO[C@H]4O[C@H](CO[C@@H]5O[C@H](CO)[C@@H](O)[C@H](O)[C@H]5NC(C)=O)[C@@H](O)[C@H](O)[C@@H]4O[C@@H]4O[C@H](CO)[C@@H](O)[C@H](O)[C@H]4NC(C)=O)[C@@H](O)[C@H](O[C@H]4O[C@H](CO)[C@@H](O[C@@H]5O[C@H](CO)[C@@H](O)[C@H](O)[C@H]5NC(C)=O)[C@H](O)[C@@H]4O[C@@H]4O[C@H](CO)[C@@H](O)[C@H](O)[C@H]4NC(C)=O)[C@@H]3O)[C@H](O)[C@H]2NC(C)=O)[C@@H](CO)O[C@H]1O. The maximum Gasteiger partial charge on any atom is 0.217 e. The van der Waals surface area contributed by atoms with E-state index in [1.165, 1.54) is 0 Å². The van der Waals surface area contributed by atoms with Crippen LogP contribution in [0.2, 0.25) is 0 Å². The molecule has 0 aromatic rings. The molecule has 45 atom stereocenters. The maximum atomic E-state index is 13.1. The second-order valence-corrected chi connectivity index (χ2v) is 29.7. The highest BCUT2D eigenvalue weighted by Gasteiger charge is 2.61. The Balaban J connectivity index is 1.13. The van der Waals surface area contributed by atoms with Crippen molar-refractivity contribution in [2.24, 2.45) is 0 Å². The van der Waals surface area contributed by atoms with Crippen LogP contribution in [0.4, 0.5) is 0 Å². The van der Waals surface area contributed by atoms with Gasteiger partial charge in [-0.15, -0.1) is 0 Å². The van der Waals surface area contributed by atoms with Crippen molar-refractivity contribution < 1.29 is 227 Å². The third kappa shape index (κ3) is 22.1. The zero-order chi connectivity index (χ0) is 87.1.